The summed E-state index contributed by atoms with van der Waals surface area (Å²) in [6, 6.07) is 16.8. The number of hydrogen-bond acceptors (Lipinski definition) is 18. The third-order valence-electron chi connectivity index (χ3n) is 12.1. The largest absolute Gasteiger partial charge is 0.493 e. The van der Waals surface area contributed by atoms with Crippen LogP contribution in [0.25, 0.3) is 33.2 Å². The van der Waals surface area contributed by atoms with Crippen molar-refractivity contribution in [3.63, 3.8) is 0 Å². The molecule has 20 nitrogen and oxygen atoms in total. The van der Waals surface area contributed by atoms with E-state index < -0.39 is 11.6 Å². The second-order valence-electron chi connectivity index (χ2n) is 16.5. The van der Waals surface area contributed by atoms with Gasteiger partial charge in [0.05, 0.1) is 107 Å². The van der Waals surface area contributed by atoms with E-state index in [1.54, 1.807) is 118 Å². The Bertz CT molecular complexity index is 3130. The van der Waals surface area contributed by atoms with Crippen LogP contribution in [0, 0.1) is 11.6 Å². The molecule has 384 valence electrons. The minimum Gasteiger partial charge on any atom is -0.493 e. The number of aliphatic hydroxyl groups excluding tert-OH is 2. The molecule has 0 bridgehead atoms. The van der Waals surface area contributed by atoms with Crippen molar-refractivity contribution < 1.29 is 47.4 Å². The van der Waals surface area contributed by atoms with E-state index in [0.29, 0.717) is 81.6 Å². The first kappa shape index (κ1) is 51.6. The summed E-state index contributed by atoms with van der Waals surface area (Å²) in [4.78, 5) is 28.1. The van der Waals surface area contributed by atoms with E-state index in [1.165, 1.54) is 25.7 Å². The SMILES string of the molecule is COc1cc(-n2cnc(Nc3nc(Cl)nc4cccc(F)c34)c2)cc(OC)c1OC.COc1cc(-n2cnc(Nc3nc(N4CCC[C@H]4CO)nc4cccc(F)c34)c2)cc(OC)c1OC.OC[C@@H]1CCCN1. The Morgan fingerprint density at radius 2 is 1.15 bits per heavy atom. The maximum Gasteiger partial charge on any atom is 0.228 e. The van der Waals surface area contributed by atoms with Crippen molar-refractivity contribution in [3.8, 4) is 45.9 Å². The van der Waals surface area contributed by atoms with Crippen molar-refractivity contribution >= 4 is 62.6 Å². The number of halogens is 3. The van der Waals surface area contributed by atoms with Crippen molar-refractivity contribution in [2.24, 2.45) is 0 Å². The van der Waals surface area contributed by atoms with Gasteiger partial charge in [-0.2, -0.15) is 9.97 Å². The first-order valence-corrected chi connectivity index (χ1v) is 23.4. The molecule has 10 rings (SSSR count). The van der Waals surface area contributed by atoms with E-state index in [9.17, 15) is 13.9 Å². The summed E-state index contributed by atoms with van der Waals surface area (Å²) in [6.45, 7) is 2.12. The average Bonchev–Trinajstić information content (AvgIpc) is 4.27. The van der Waals surface area contributed by atoms with E-state index in [-0.39, 0.29) is 34.5 Å². The number of nitrogens with one attached hydrogen (secondary N) is 3. The molecule has 0 radical (unpaired) electrons. The molecule has 0 saturated carbocycles. The van der Waals surface area contributed by atoms with E-state index >= 15 is 0 Å². The highest BCUT2D eigenvalue weighted by Gasteiger charge is 2.28. The number of hydrogen-bond donors (Lipinski definition) is 5. The number of nitrogens with zero attached hydrogens (tertiary/aromatic N) is 9. The third-order valence-corrected chi connectivity index (χ3v) is 12.3. The van der Waals surface area contributed by atoms with Crippen LogP contribution < -0.4 is 49.3 Å². The molecule has 4 aromatic heterocycles. The summed E-state index contributed by atoms with van der Waals surface area (Å²) in [7, 11) is 9.27. The zero-order valence-corrected chi connectivity index (χ0v) is 41.7. The predicted molar refractivity (Wildman–Crippen MR) is 273 cm³/mol. The lowest BCUT2D eigenvalue weighted by Gasteiger charge is -2.24. The van der Waals surface area contributed by atoms with Crippen LogP contribution in [0.1, 0.15) is 25.7 Å². The lowest BCUT2D eigenvalue weighted by atomic mass is 10.2. The quantitative estimate of drug-likeness (QED) is 0.0618. The molecular weight excluding hydrogens is 970 g/mol. The van der Waals surface area contributed by atoms with Gasteiger partial charge in [0.2, 0.25) is 22.7 Å². The van der Waals surface area contributed by atoms with Crippen LogP contribution in [0.4, 0.5) is 38.0 Å². The molecule has 23 heteroatoms. The van der Waals surface area contributed by atoms with Crippen LogP contribution in [0.5, 0.6) is 34.5 Å². The standard InChI is InChI=1S/C25H27FN6O4.C20H17ClFN5O3.C5H11NO/c1-34-19-10-16(11-20(35-2)23(19)36-3)31-12-21(27-14-31)29-24-22-17(26)7-4-8-18(22)28-25(30-24)32-9-5-6-15(32)13-33;1-28-14-7-11(8-15(29-2)18(14)30-3)27-9-16(23-10-27)25-19-17-12(22)5-4-6-13(17)24-20(21)26-19;7-4-5-2-1-3-6-5/h4,7-8,10-12,14-15,33H,5-6,9,13H2,1-3H3,(H,28,29,30);4-10H,1-3H3,(H,24,25,26);5-7H,1-4H2/t15-;;5-/m0.0/s1. The molecule has 4 aromatic carbocycles. The first-order chi connectivity index (χ1) is 35.5. The molecule has 2 aliphatic heterocycles. The molecule has 2 fully saturated rings. The summed E-state index contributed by atoms with van der Waals surface area (Å²) < 4.78 is 65.2. The Kier molecular flexibility index (Phi) is 16.7. The number of ether oxygens (including phenoxy) is 6. The highest BCUT2D eigenvalue weighted by molar-refractivity contribution is 6.28. The van der Waals surface area contributed by atoms with Crippen LogP contribution in [0.15, 0.2) is 85.7 Å². The second kappa shape index (κ2) is 23.6. The maximum absolute atomic E-state index is 14.9. The number of benzene rings is 4. The monoisotopic (exact) mass is 1020 g/mol. The first-order valence-electron chi connectivity index (χ1n) is 23.1. The van der Waals surface area contributed by atoms with Crippen molar-refractivity contribution in [1.82, 2.24) is 44.4 Å². The van der Waals surface area contributed by atoms with Crippen LogP contribution in [-0.2, 0) is 0 Å². The van der Waals surface area contributed by atoms with E-state index in [1.807, 2.05) is 4.90 Å². The van der Waals surface area contributed by atoms with Crippen molar-refractivity contribution in [1.29, 1.82) is 0 Å². The van der Waals surface area contributed by atoms with Crippen molar-refractivity contribution in [2.45, 2.75) is 37.8 Å². The Labute approximate surface area is 423 Å². The van der Waals surface area contributed by atoms with Gasteiger partial charge in [0, 0.05) is 36.9 Å². The number of imidazole rings is 2. The van der Waals surface area contributed by atoms with Gasteiger partial charge < -0.3 is 68.6 Å². The lowest BCUT2D eigenvalue weighted by Crippen LogP contribution is -2.33. The zero-order chi connectivity index (χ0) is 51.6. The van der Waals surface area contributed by atoms with Gasteiger partial charge in [0.15, 0.2) is 23.0 Å². The number of anilines is 5. The molecule has 6 heterocycles. The normalized spacial score (nSPS) is 15.0. The fourth-order valence-corrected chi connectivity index (χ4v) is 8.66. The van der Waals surface area contributed by atoms with E-state index in [0.717, 1.165) is 43.7 Å². The van der Waals surface area contributed by atoms with Gasteiger partial charge in [-0.15, -0.1) is 0 Å². The Hall–Kier alpha value is -7.79. The van der Waals surface area contributed by atoms with Crippen molar-refractivity contribution in [3.05, 3.63) is 103 Å². The van der Waals surface area contributed by atoms with Gasteiger partial charge in [-0.3, -0.25) is 0 Å². The molecule has 5 N–H and O–H groups in total. The van der Waals surface area contributed by atoms with Crippen molar-refractivity contribution in [2.75, 3.05) is 84.5 Å². The molecule has 0 aliphatic carbocycles. The molecule has 0 unspecified atom stereocenters. The summed E-state index contributed by atoms with van der Waals surface area (Å²) in [6.07, 6.45) is 10.8. The number of aliphatic hydroxyl groups is 2. The molecule has 0 amide bonds. The smallest absolute Gasteiger partial charge is 0.228 e. The summed E-state index contributed by atoms with van der Waals surface area (Å²) in [5.41, 5.74) is 2.31. The van der Waals surface area contributed by atoms with Gasteiger partial charge in [0.25, 0.3) is 0 Å². The topological polar surface area (TPSA) is 222 Å². The lowest BCUT2D eigenvalue weighted by molar-refractivity contribution is 0.255. The zero-order valence-electron chi connectivity index (χ0n) is 40.9. The highest BCUT2D eigenvalue weighted by atomic mass is 35.5. The minimum atomic E-state index is -0.462. The summed E-state index contributed by atoms with van der Waals surface area (Å²) in [5.74, 6) is 3.95. The Morgan fingerprint density at radius 3 is 1.59 bits per heavy atom. The van der Waals surface area contributed by atoms with Gasteiger partial charge in [-0.25, -0.2) is 28.7 Å². The summed E-state index contributed by atoms with van der Waals surface area (Å²) in [5, 5.41) is 28.1. The fraction of sp³-hybridized carbons (Fsp3) is 0.320. The van der Waals surface area contributed by atoms with Crippen LogP contribution in [0.3, 0.4) is 0 Å². The molecule has 73 heavy (non-hydrogen) atoms. The number of fused-ring (bicyclic) bond motifs is 2. The molecule has 2 aliphatic rings. The highest BCUT2D eigenvalue weighted by Crippen LogP contribution is 2.41. The number of methoxy groups -OCH3 is 6. The summed E-state index contributed by atoms with van der Waals surface area (Å²) >= 11 is 5.99. The van der Waals surface area contributed by atoms with E-state index in [2.05, 4.69) is 45.9 Å². The number of rotatable bonds is 15. The van der Waals surface area contributed by atoms with Gasteiger partial charge >= 0.3 is 0 Å². The van der Waals surface area contributed by atoms with Crippen LogP contribution in [0.2, 0.25) is 5.28 Å². The Morgan fingerprint density at radius 1 is 0.644 bits per heavy atom. The van der Waals surface area contributed by atoms with Gasteiger partial charge in [-0.1, -0.05) is 12.1 Å². The predicted octanol–water partition coefficient (Wildman–Crippen LogP) is 7.79. The number of aromatic nitrogens is 8. The fourth-order valence-electron chi connectivity index (χ4n) is 8.48. The Balaban J connectivity index is 0.000000174. The van der Waals surface area contributed by atoms with Crippen LogP contribution in [-0.4, -0.2) is 130 Å². The van der Waals surface area contributed by atoms with Crippen LogP contribution >= 0.6 is 11.6 Å². The van der Waals surface area contributed by atoms with E-state index in [4.69, 9.17) is 45.1 Å². The molecule has 0 spiro atoms. The second-order valence-corrected chi connectivity index (χ2v) is 16.8. The molecule has 8 aromatic rings. The molecule has 2 atom stereocenters. The molecular formula is C50H55ClF2N12O8. The average molecular weight is 1030 g/mol. The minimum absolute atomic E-state index is 0.000315. The van der Waals surface area contributed by atoms with Gasteiger partial charge in [0.1, 0.15) is 47.6 Å². The van der Waals surface area contributed by atoms with Gasteiger partial charge in [-0.05, 0) is 68.1 Å². The third kappa shape index (κ3) is 11.5. The molecule has 2 saturated heterocycles. The maximum atomic E-state index is 14.9.